The molecule has 0 aliphatic heterocycles. The molecule has 1 heterocycles. The molecular weight excluding hydrogens is 258 g/mol. The van der Waals surface area contributed by atoms with Crippen molar-refractivity contribution in [1.29, 1.82) is 0 Å². The van der Waals surface area contributed by atoms with Gasteiger partial charge in [0.15, 0.2) is 0 Å². The molecule has 0 aliphatic carbocycles. The molecule has 0 saturated heterocycles. The van der Waals surface area contributed by atoms with E-state index in [2.05, 4.69) is 26.2 Å². The Bertz CT molecular complexity index is 455. The van der Waals surface area contributed by atoms with Gasteiger partial charge in [-0.15, -0.1) is 5.10 Å². The second kappa shape index (κ2) is 4.55. The highest BCUT2D eigenvalue weighted by Gasteiger charge is 2.06. The van der Waals surface area contributed by atoms with Crippen molar-refractivity contribution >= 4 is 15.9 Å². The molecule has 0 radical (unpaired) electrons. The quantitative estimate of drug-likeness (QED) is 0.921. The summed E-state index contributed by atoms with van der Waals surface area (Å²) in [6, 6.07) is 7.83. The standard InChI is InChI=1S/C10H10BrN3O/c11-9-4-2-1-3-8(9)10-7-14(5-6-15)13-12-10/h1-4,7,15H,5-6H2. The van der Waals surface area contributed by atoms with Crippen LogP contribution >= 0.6 is 15.9 Å². The Hall–Kier alpha value is -1.20. The number of nitrogens with zero attached hydrogens (tertiary/aromatic N) is 3. The van der Waals surface area contributed by atoms with Crippen LogP contribution in [-0.4, -0.2) is 26.7 Å². The number of aliphatic hydroxyl groups is 1. The molecule has 0 spiro atoms. The van der Waals surface area contributed by atoms with E-state index in [0.29, 0.717) is 6.54 Å². The van der Waals surface area contributed by atoms with Crippen molar-refractivity contribution in [3.8, 4) is 11.3 Å². The van der Waals surface area contributed by atoms with E-state index < -0.39 is 0 Å². The smallest absolute Gasteiger partial charge is 0.114 e. The molecule has 0 unspecified atom stereocenters. The number of halogens is 1. The predicted molar refractivity (Wildman–Crippen MR) is 60.2 cm³/mol. The highest BCUT2D eigenvalue weighted by molar-refractivity contribution is 9.10. The lowest BCUT2D eigenvalue weighted by Crippen LogP contribution is -2.01. The molecule has 1 aromatic carbocycles. The molecule has 5 heteroatoms. The van der Waals surface area contributed by atoms with Crippen molar-refractivity contribution in [3.63, 3.8) is 0 Å². The van der Waals surface area contributed by atoms with Gasteiger partial charge in [-0.25, -0.2) is 4.68 Å². The summed E-state index contributed by atoms with van der Waals surface area (Å²) in [6.07, 6.45) is 1.82. The molecule has 0 atom stereocenters. The maximum Gasteiger partial charge on any atom is 0.114 e. The van der Waals surface area contributed by atoms with Crippen LogP contribution in [0.1, 0.15) is 0 Å². The fourth-order valence-corrected chi connectivity index (χ4v) is 1.79. The Labute approximate surface area is 95.7 Å². The van der Waals surface area contributed by atoms with Gasteiger partial charge in [-0.1, -0.05) is 39.3 Å². The minimum absolute atomic E-state index is 0.0682. The average molecular weight is 268 g/mol. The van der Waals surface area contributed by atoms with Gasteiger partial charge in [0.1, 0.15) is 5.69 Å². The number of aromatic nitrogens is 3. The molecule has 4 nitrogen and oxygen atoms in total. The molecule has 0 fully saturated rings. The van der Waals surface area contributed by atoms with Crippen LogP contribution < -0.4 is 0 Å². The third kappa shape index (κ3) is 2.24. The van der Waals surface area contributed by atoms with Gasteiger partial charge in [-0.3, -0.25) is 0 Å². The van der Waals surface area contributed by atoms with Gasteiger partial charge in [0, 0.05) is 10.0 Å². The minimum atomic E-state index is 0.0682. The largest absolute Gasteiger partial charge is 0.394 e. The zero-order valence-electron chi connectivity index (χ0n) is 7.97. The zero-order valence-corrected chi connectivity index (χ0v) is 9.55. The average Bonchev–Trinajstić information content (AvgIpc) is 2.68. The topological polar surface area (TPSA) is 50.9 Å². The predicted octanol–water partition coefficient (Wildman–Crippen LogP) is 1.70. The van der Waals surface area contributed by atoms with Gasteiger partial charge >= 0.3 is 0 Å². The van der Waals surface area contributed by atoms with Crippen LogP contribution in [0.2, 0.25) is 0 Å². The molecule has 1 aromatic heterocycles. The maximum absolute atomic E-state index is 8.76. The van der Waals surface area contributed by atoms with Crippen molar-refractivity contribution in [2.45, 2.75) is 6.54 Å². The van der Waals surface area contributed by atoms with Crippen LogP contribution in [0.4, 0.5) is 0 Å². The second-order valence-corrected chi connectivity index (χ2v) is 3.92. The summed E-state index contributed by atoms with van der Waals surface area (Å²) in [4.78, 5) is 0. The van der Waals surface area contributed by atoms with Crippen molar-refractivity contribution in [1.82, 2.24) is 15.0 Å². The second-order valence-electron chi connectivity index (χ2n) is 3.07. The first kappa shape index (κ1) is 10.3. The van der Waals surface area contributed by atoms with E-state index in [1.807, 2.05) is 30.5 Å². The van der Waals surface area contributed by atoms with Gasteiger partial charge in [0.25, 0.3) is 0 Å². The third-order valence-electron chi connectivity index (χ3n) is 2.02. The van der Waals surface area contributed by atoms with Crippen LogP contribution in [-0.2, 0) is 6.54 Å². The normalized spacial score (nSPS) is 10.5. The maximum atomic E-state index is 8.76. The summed E-state index contributed by atoms with van der Waals surface area (Å²) in [5, 5.41) is 16.7. The Balaban J connectivity index is 2.33. The summed E-state index contributed by atoms with van der Waals surface area (Å²) in [5.74, 6) is 0. The van der Waals surface area contributed by atoms with Gasteiger partial charge in [-0.2, -0.15) is 0 Å². The number of hydrogen-bond donors (Lipinski definition) is 1. The summed E-state index contributed by atoms with van der Waals surface area (Å²) in [5.41, 5.74) is 1.80. The molecule has 2 rings (SSSR count). The summed E-state index contributed by atoms with van der Waals surface area (Å²) in [6.45, 7) is 0.538. The monoisotopic (exact) mass is 267 g/mol. The Morgan fingerprint density at radius 2 is 2.13 bits per heavy atom. The van der Waals surface area contributed by atoms with E-state index in [4.69, 9.17) is 5.11 Å². The Morgan fingerprint density at radius 1 is 1.33 bits per heavy atom. The Kier molecular flexibility index (Phi) is 3.13. The van der Waals surface area contributed by atoms with E-state index in [1.54, 1.807) is 4.68 Å². The van der Waals surface area contributed by atoms with Gasteiger partial charge < -0.3 is 5.11 Å². The van der Waals surface area contributed by atoms with Crippen LogP contribution in [0, 0.1) is 0 Å². The van der Waals surface area contributed by atoms with E-state index in [-0.39, 0.29) is 6.61 Å². The molecule has 1 N–H and O–H groups in total. The van der Waals surface area contributed by atoms with Gasteiger partial charge in [0.2, 0.25) is 0 Å². The van der Waals surface area contributed by atoms with Crippen LogP contribution in [0.5, 0.6) is 0 Å². The number of rotatable bonds is 3. The third-order valence-corrected chi connectivity index (χ3v) is 2.71. The van der Waals surface area contributed by atoms with Crippen molar-refractivity contribution in [3.05, 3.63) is 34.9 Å². The Morgan fingerprint density at radius 3 is 2.87 bits per heavy atom. The first-order valence-corrected chi connectivity index (χ1v) is 5.36. The summed E-state index contributed by atoms with van der Waals surface area (Å²) >= 11 is 3.45. The fourth-order valence-electron chi connectivity index (χ4n) is 1.30. The molecule has 15 heavy (non-hydrogen) atoms. The molecule has 2 aromatic rings. The van der Waals surface area contributed by atoms with Gasteiger partial charge in [0.05, 0.1) is 19.3 Å². The fraction of sp³-hybridized carbons (Fsp3) is 0.200. The molecule has 78 valence electrons. The van der Waals surface area contributed by atoms with Crippen LogP contribution in [0.15, 0.2) is 34.9 Å². The molecule has 0 amide bonds. The van der Waals surface area contributed by atoms with Crippen molar-refractivity contribution < 1.29 is 5.11 Å². The lowest BCUT2D eigenvalue weighted by atomic mass is 10.2. The lowest BCUT2D eigenvalue weighted by Gasteiger charge is -1.98. The van der Waals surface area contributed by atoms with Crippen molar-refractivity contribution in [2.75, 3.05) is 6.61 Å². The van der Waals surface area contributed by atoms with Crippen molar-refractivity contribution in [2.24, 2.45) is 0 Å². The zero-order chi connectivity index (χ0) is 10.7. The van der Waals surface area contributed by atoms with E-state index in [9.17, 15) is 0 Å². The number of aliphatic hydroxyl groups excluding tert-OH is 1. The van der Waals surface area contributed by atoms with Crippen LogP contribution in [0.25, 0.3) is 11.3 Å². The van der Waals surface area contributed by atoms with E-state index in [0.717, 1.165) is 15.7 Å². The number of hydrogen-bond acceptors (Lipinski definition) is 3. The molecule has 0 aliphatic rings. The van der Waals surface area contributed by atoms with Crippen LogP contribution in [0.3, 0.4) is 0 Å². The lowest BCUT2D eigenvalue weighted by molar-refractivity contribution is 0.268. The van der Waals surface area contributed by atoms with E-state index in [1.165, 1.54) is 0 Å². The first-order valence-electron chi connectivity index (χ1n) is 4.57. The highest BCUT2D eigenvalue weighted by Crippen LogP contribution is 2.25. The highest BCUT2D eigenvalue weighted by atomic mass is 79.9. The minimum Gasteiger partial charge on any atom is -0.394 e. The van der Waals surface area contributed by atoms with E-state index >= 15 is 0 Å². The molecular formula is C10H10BrN3O. The summed E-state index contributed by atoms with van der Waals surface area (Å²) < 4.78 is 2.61. The molecule has 0 bridgehead atoms. The van der Waals surface area contributed by atoms with Gasteiger partial charge in [-0.05, 0) is 6.07 Å². The summed E-state index contributed by atoms with van der Waals surface area (Å²) in [7, 11) is 0. The number of benzene rings is 1. The SMILES string of the molecule is OCCn1cc(-c2ccccc2Br)nn1. The molecule has 0 saturated carbocycles. The first-order chi connectivity index (χ1) is 7.31.